The number of carbonyl (C=O) groups is 2. The molecule has 0 unspecified atom stereocenters. The molecule has 3 rings (SSSR count). The van der Waals surface area contributed by atoms with Crippen molar-refractivity contribution in [2.45, 2.75) is 40.0 Å². The summed E-state index contributed by atoms with van der Waals surface area (Å²) in [6.07, 6.45) is 1.84. The van der Waals surface area contributed by atoms with E-state index < -0.39 is 0 Å². The molecule has 1 aliphatic carbocycles. The van der Waals surface area contributed by atoms with Gasteiger partial charge in [-0.15, -0.1) is 0 Å². The highest BCUT2D eigenvalue weighted by molar-refractivity contribution is 6.02. The second kappa shape index (κ2) is 7.28. The molecule has 1 aliphatic rings. The normalized spacial score (nSPS) is 13.4. The Labute approximate surface area is 153 Å². The lowest BCUT2D eigenvalue weighted by atomic mass is 9.92. The molecule has 1 amide bonds. The summed E-state index contributed by atoms with van der Waals surface area (Å²) in [7, 11) is 0. The number of aryl methyl sites for hydroxylation is 1. The molecule has 5 nitrogen and oxygen atoms in total. The van der Waals surface area contributed by atoms with E-state index in [2.05, 4.69) is 0 Å². The monoisotopic (exact) mass is 352 g/mol. The average Bonchev–Trinajstić information content (AvgIpc) is 2.63. The van der Waals surface area contributed by atoms with E-state index in [4.69, 9.17) is 0 Å². The first-order chi connectivity index (χ1) is 12.5. The summed E-state index contributed by atoms with van der Waals surface area (Å²) >= 11 is 0. The molecule has 136 valence electrons. The third-order valence-electron chi connectivity index (χ3n) is 4.99. The molecule has 26 heavy (non-hydrogen) atoms. The van der Waals surface area contributed by atoms with Gasteiger partial charge in [0.05, 0.1) is 0 Å². The van der Waals surface area contributed by atoms with Crippen molar-refractivity contribution in [3.8, 4) is 5.69 Å². The maximum atomic E-state index is 13.2. The van der Waals surface area contributed by atoms with Crippen LogP contribution in [-0.2, 0) is 6.42 Å². The lowest BCUT2D eigenvalue weighted by molar-refractivity contribution is 0.0770. The first-order valence-corrected chi connectivity index (χ1v) is 9.16. The molecule has 2 aromatic rings. The number of nitrogens with zero attached hydrogens (tertiary/aromatic N) is 2. The molecule has 0 saturated heterocycles. The van der Waals surface area contributed by atoms with Crippen LogP contribution >= 0.6 is 0 Å². The minimum absolute atomic E-state index is 0.000656. The summed E-state index contributed by atoms with van der Waals surface area (Å²) < 4.78 is 1.56. The van der Waals surface area contributed by atoms with Crippen LogP contribution in [0.25, 0.3) is 5.69 Å². The van der Waals surface area contributed by atoms with Crippen molar-refractivity contribution in [1.29, 1.82) is 0 Å². The fourth-order valence-corrected chi connectivity index (χ4v) is 3.49. The molecule has 0 fully saturated rings. The summed E-state index contributed by atoms with van der Waals surface area (Å²) in [4.78, 5) is 40.2. The van der Waals surface area contributed by atoms with Crippen molar-refractivity contribution in [1.82, 2.24) is 9.47 Å². The van der Waals surface area contributed by atoms with Crippen molar-refractivity contribution >= 4 is 11.7 Å². The maximum absolute atomic E-state index is 13.2. The highest BCUT2D eigenvalue weighted by Crippen LogP contribution is 2.24. The van der Waals surface area contributed by atoms with E-state index in [-0.39, 0.29) is 22.8 Å². The smallest absolute Gasteiger partial charge is 0.268 e. The van der Waals surface area contributed by atoms with Crippen molar-refractivity contribution < 1.29 is 9.59 Å². The van der Waals surface area contributed by atoms with Gasteiger partial charge in [-0.1, -0.05) is 17.7 Å². The number of rotatable bonds is 4. The third kappa shape index (κ3) is 3.09. The second-order valence-corrected chi connectivity index (χ2v) is 6.65. The number of ketones is 1. The molecule has 1 heterocycles. The fraction of sp³-hybridized carbons (Fsp3) is 0.381. The number of aromatic nitrogens is 1. The highest BCUT2D eigenvalue weighted by Gasteiger charge is 2.27. The Kier molecular flexibility index (Phi) is 5.07. The van der Waals surface area contributed by atoms with Crippen molar-refractivity contribution in [3.05, 3.63) is 63.1 Å². The maximum Gasteiger partial charge on any atom is 0.268 e. The molecule has 0 radical (unpaired) electrons. The molecule has 0 spiro atoms. The van der Waals surface area contributed by atoms with Gasteiger partial charge in [0.15, 0.2) is 5.78 Å². The molecule has 5 heteroatoms. The summed E-state index contributed by atoms with van der Waals surface area (Å²) in [5, 5.41) is 0. The Morgan fingerprint density at radius 2 is 1.73 bits per heavy atom. The van der Waals surface area contributed by atoms with Crippen LogP contribution in [0.2, 0.25) is 0 Å². The van der Waals surface area contributed by atoms with Gasteiger partial charge in [0.2, 0.25) is 0 Å². The summed E-state index contributed by atoms with van der Waals surface area (Å²) in [6.45, 7) is 6.77. The number of carbonyl (C=O) groups excluding carboxylic acids is 2. The van der Waals surface area contributed by atoms with Gasteiger partial charge in [0.25, 0.3) is 11.5 Å². The Morgan fingerprint density at radius 1 is 1.08 bits per heavy atom. The van der Waals surface area contributed by atoms with E-state index in [1.807, 2.05) is 45.0 Å². The van der Waals surface area contributed by atoms with Crippen molar-refractivity contribution in [2.75, 3.05) is 13.1 Å². The number of fused-ring (bicyclic) bond motifs is 1. The van der Waals surface area contributed by atoms with Gasteiger partial charge in [0, 0.05) is 36.5 Å². The topological polar surface area (TPSA) is 59.4 Å². The Hall–Kier alpha value is -2.69. The quantitative estimate of drug-likeness (QED) is 0.849. The fourth-order valence-electron chi connectivity index (χ4n) is 3.49. The van der Waals surface area contributed by atoms with Crippen LogP contribution in [0.5, 0.6) is 0 Å². The molecule has 0 bridgehead atoms. The minimum atomic E-state index is -0.348. The Bertz CT molecular complexity index is 906. The van der Waals surface area contributed by atoms with Crippen LogP contribution in [0.1, 0.15) is 58.7 Å². The average molecular weight is 352 g/mol. The van der Waals surface area contributed by atoms with E-state index in [0.29, 0.717) is 42.9 Å². The zero-order valence-corrected chi connectivity index (χ0v) is 15.5. The predicted octanol–water partition coefficient (Wildman–Crippen LogP) is 3.15. The molecule has 0 aliphatic heterocycles. The van der Waals surface area contributed by atoms with Gasteiger partial charge in [-0.25, -0.2) is 0 Å². The largest absolute Gasteiger partial charge is 0.339 e. The number of hydrogen-bond acceptors (Lipinski definition) is 3. The Morgan fingerprint density at radius 3 is 2.35 bits per heavy atom. The zero-order chi connectivity index (χ0) is 18.8. The van der Waals surface area contributed by atoms with Crippen LogP contribution in [0.15, 0.2) is 35.1 Å². The van der Waals surface area contributed by atoms with Gasteiger partial charge < -0.3 is 4.90 Å². The number of amides is 1. The standard InChI is InChI=1S/C21H24N2O3/c1-4-22(5-2)20(25)17-13-16-18(7-6-8-19(16)24)23(21(17)26)15-11-9-14(3)10-12-15/h9-13H,4-8H2,1-3H3. The van der Waals surface area contributed by atoms with E-state index in [1.54, 1.807) is 9.47 Å². The second-order valence-electron chi connectivity index (χ2n) is 6.65. The predicted molar refractivity (Wildman–Crippen MR) is 101 cm³/mol. The van der Waals surface area contributed by atoms with Gasteiger partial charge in [-0.05, 0) is 51.8 Å². The molecule has 1 aromatic heterocycles. The lowest BCUT2D eigenvalue weighted by Crippen LogP contribution is -2.38. The van der Waals surface area contributed by atoms with Crippen LogP contribution < -0.4 is 5.56 Å². The van der Waals surface area contributed by atoms with E-state index in [1.165, 1.54) is 6.07 Å². The summed E-state index contributed by atoms with van der Waals surface area (Å²) in [5.74, 6) is -0.317. The highest BCUT2D eigenvalue weighted by atomic mass is 16.2. The van der Waals surface area contributed by atoms with Gasteiger partial charge >= 0.3 is 0 Å². The van der Waals surface area contributed by atoms with Crippen molar-refractivity contribution in [2.24, 2.45) is 0 Å². The summed E-state index contributed by atoms with van der Waals surface area (Å²) in [6, 6.07) is 9.10. The molecular weight excluding hydrogens is 328 g/mol. The van der Waals surface area contributed by atoms with E-state index in [9.17, 15) is 14.4 Å². The van der Waals surface area contributed by atoms with Crippen LogP contribution in [-0.4, -0.2) is 34.2 Å². The molecular formula is C21H24N2O3. The van der Waals surface area contributed by atoms with Gasteiger partial charge in [-0.3, -0.25) is 19.0 Å². The van der Waals surface area contributed by atoms with Crippen LogP contribution in [0, 0.1) is 6.92 Å². The third-order valence-corrected chi connectivity index (χ3v) is 4.99. The molecule has 0 N–H and O–H groups in total. The Balaban J connectivity index is 2.28. The number of benzene rings is 1. The van der Waals surface area contributed by atoms with Crippen LogP contribution in [0.3, 0.4) is 0 Å². The van der Waals surface area contributed by atoms with E-state index in [0.717, 1.165) is 12.0 Å². The zero-order valence-electron chi connectivity index (χ0n) is 15.5. The van der Waals surface area contributed by atoms with E-state index >= 15 is 0 Å². The van der Waals surface area contributed by atoms with Gasteiger partial charge in [0.1, 0.15) is 5.56 Å². The lowest BCUT2D eigenvalue weighted by Gasteiger charge is -2.24. The molecule has 0 saturated carbocycles. The first-order valence-electron chi connectivity index (χ1n) is 9.16. The van der Waals surface area contributed by atoms with Crippen LogP contribution in [0.4, 0.5) is 0 Å². The van der Waals surface area contributed by atoms with Crippen molar-refractivity contribution in [3.63, 3.8) is 0 Å². The SMILES string of the molecule is CCN(CC)C(=O)c1cc2c(n(-c3ccc(C)cc3)c1=O)CCCC2=O. The minimum Gasteiger partial charge on any atom is -0.339 e. The molecule has 0 atom stereocenters. The number of pyridine rings is 1. The summed E-state index contributed by atoms with van der Waals surface area (Å²) in [5.41, 5.74) is 2.73. The first kappa shape index (κ1) is 18.1. The number of Topliss-reactive ketones (excluding diaryl/α,β-unsaturated/α-hetero) is 1. The van der Waals surface area contributed by atoms with Gasteiger partial charge in [-0.2, -0.15) is 0 Å². The molecule has 1 aromatic carbocycles. The number of hydrogen-bond donors (Lipinski definition) is 0.